The van der Waals surface area contributed by atoms with Crippen LogP contribution in [0, 0.1) is 5.92 Å². The van der Waals surface area contributed by atoms with E-state index < -0.39 is 0 Å². The van der Waals surface area contributed by atoms with E-state index in [9.17, 15) is 0 Å². The van der Waals surface area contributed by atoms with Gasteiger partial charge in [-0.25, -0.2) is 0 Å². The molecule has 2 atom stereocenters. The van der Waals surface area contributed by atoms with Crippen LogP contribution in [0.1, 0.15) is 50.1 Å². The molecule has 0 bridgehead atoms. The zero-order chi connectivity index (χ0) is 12.5. The van der Waals surface area contributed by atoms with E-state index in [0.717, 1.165) is 22.8 Å². The van der Waals surface area contributed by atoms with Gasteiger partial charge in [-0.3, -0.25) is 0 Å². The minimum atomic E-state index is 0.0689. The van der Waals surface area contributed by atoms with Crippen molar-refractivity contribution in [3.8, 4) is 5.75 Å². The van der Waals surface area contributed by atoms with Crippen LogP contribution in [0.3, 0.4) is 0 Å². The van der Waals surface area contributed by atoms with E-state index in [2.05, 4.69) is 0 Å². The van der Waals surface area contributed by atoms with Gasteiger partial charge in [0, 0.05) is 23.0 Å². The van der Waals surface area contributed by atoms with Crippen molar-refractivity contribution in [2.45, 2.75) is 50.7 Å². The fourth-order valence-corrected chi connectivity index (χ4v) is 3.48. The summed E-state index contributed by atoms with van der Waals surface area (Å²) in [5.41, 5.74) is 7.34. The highest BCUT2D eigenvalue weighted by atomic mass is 35.5. The molecule has 98 valence electrons. The molecule has 1 fully saturated rings. The zero-order valence-corrected chi connectivity index (χ0v) is 11.3. The minimum Gasteiger partial charge on any atom is -0.490 e. The Morgan fingerprint density at radius 1 is 1.17 bits per heavy atom. The molecule has 1 aromatic carbocycles. The first-order valence-corrected chi connectivity index (χ1v) is 7.33. The summed E-state index contributed by atoms with van der Waals surface area (Å²) < 4.78 is 6.16. The van der Waals surface area contributed by atoms with Crippen molar-refractivity contribution in [3.05, 3.63) is 28.8 Å². The lowest BCUT2D eigenvalue weighted by Gasteiger charge is -2.36. The van der Waals surface area contributed by atoms with Gasteiger partial charge >= 0.3 is 0 Å². The Morgan fingerprint density at radius 2 is 1.94 bits per heavy atom. The van der Waals surface area contributed by atoms with Crippen LogP contribution in [0.4, 0.5) is 0 Å². The second-order valence-electron chi connectivity index (χ2n) is 5.58. The topological polar surface area (TPSA) is 35.2 Å². The van der Waals surface area contributed by atoms with Gasteiger partial charge in [0.2, 0.25) is 0 Å². The Kier molecular flexibility index (Phi) is 3.49. The first kappa shape index (κ1) is 12.3. The number of ether oxygens (including phenoxy) is 1. The number of benzene rings is 1. The summed E-state index contributed by atoms with van der Waals surface area (Å²) >= 11 is 6.02. The molecule has 0 radical (unpaired) electrons. The lowest BCUT2D eigenvalue weighted by molar-refractivity contribution is 0.0784. The van der Waals surface area contributed by atoms with Gasteiger partial charge in [-0.1, -0.05) is 30.9 Å². The van der Waals surface area contributed by atoms with Crippen LogP contribution in [-0.2, 0) is 0 Å². The van der Waals surface area contributed by atoms with Crippen molar-refractivity contribution in [2.75, 3.05) is 0 Å². The van der Waals surface area contributed by atoms with Crippen molar-refractivity contribution in [1.82, 2.24) is 0 Å². The Balaban J connectivity index is 1.80. The summed E-state index contributed by atoms with van der Waals surface area (Å²) in [4.78, 5) is 0. The van der Waals surface area contributed by atoms with Gasteiger partial charge in [0.05, 0.1) is 0 Å². The molecule has 1 aliphatic carbocycles. The lowest BCUT2D eigenvalue weighted by atomic mass is 9.81. The van der Waals surface area contributed by atoms with E-state index in [1.165, 1.54) is 32.1 Å². The molecule has 1 heterocycles. The summed E-state index contributed by atoms with van der Waals surface area (Å²) in [5, 5.41) is 0.740. The molecule has 0 saturated heterocycles. The van der Waals surface area contributed by atoms with Crippen LogP contribution in [0.2, 0.25) is 5.02 Å². The van der Waals surface area contributed by atoms with Gasteiger partial charge in [0.25, 0.3) is 0 Å². The Bertz CT molecular complexity index is 429. The molecule has 1 aliphatic heterocycles. The maximum Gasteiger partial charge on any atom is 0.124 e. The van der Waals surface area contributed by atoms with Crippen molar-refractivity contribution in [2.24, 2.45) is 11.7 Å². The molecule has 2 nitrogen and oxygen atoms in total. The van der Waals surface area contributed by atoms with Crippen LogP contribution >= 0.6 is 11.6 Å². The van der Waals surface area contributed by atoms with Crippen molar-refractivity contribution < 1.29 is 4.74 Å². The molecule has 0 spiro atoms. The SMILES string of the molecule is NC1CC(C2CCCCC2)Oc2ccc(Cl)cc21. The Morgan fingerprint density at radius 3 is 2.72 bits per heavy atom. The molecule has 18 heavy (non-hydrogen) atoms. The fourth-order valence-electron chi connectivity index (χ4n) is 3.30. The molecule has 1 aromatic rings. The predicted molar refractivity (Wildman–Crippen MR) is 74.0 cm³/mol. The average Bonchev–Trinajstić information content (AvgIpc) is 2.40. The van der Waals surface area contributed by atoms with Crippen molar-refractivity contribution in [1.29, 1.82) is 0 Å². The normalized spacial score (nSPS) is 28.6. The first-order chi connectivity index (χ1) is 8.74. The number of nitrogens with two attached hydrogens (primary N) is 1. The highest BCUT2D eigenvalue weighted by Gasteiger charge is 2.32. The van der Waals surface area contributed by atoms with E-state index in [1.807, 2.05) is 18.2 Å². The molecule has 2 N–H and O–H groups in total. The third-order valence-electron chi connectivity index (χ3n) is 4.31. The number of fused-ring (bicyclic) bond motifs is 1. The number of rotatable bonds is 1. The first-order valence-electron chi connectivity index (χ1n) is 6.96. The summed E-state index contributed by atoms with van der Waals surface area (Å²) in [6.45, 7) is 0. The van der Waals surface area contributed by atoms with Gasteiger partial charge < -0.3 is 10.5 Å². The third kappa shape index (κ3) is 2.36. The van der Waals surface area contributed by atoms with E-state index in [-0.39, 0.29) is 6.04 Å². The predicted octanol–water partition coefficient (Wildman–Crippen LogP) is 4.07. The van der Waals surface area contributed by atoms with Gasteiger partial charge in [-0.15, -0.1) is 0 Å². The molecule has 0 amide bonds. The Hall–Kier alpha value is -0.730. The monoisotopic (exact) mass is 265 g/mol. The smallest absolute Gasteiger partial charge is 0.124 e. The molecular weight excluding hydrogens is 246 g/mol. The summed E-state index contributed by atoms with van der Waals surface area (Å²) in [7, 11) is 0. The van der Waals surface area contributed by atoms with Crippen LogP contribution in [0.25, 0.3) is 0 Å². The quantitative estimate of drug-likeness (QED) is 0.831. The molecule has 3 rings (SSSR count). The highest BCUT2D eigenvalue weighted by Crippen LogP contribution is 2.40. The largest absolute Gasteiger partial charge is 0.490 e. The van der Waals surface area contributed by atoms with Crippen LogP contribution < -0.4 is 10.5 Å². The minimum absolute atomic E-state index is 0.0689. The standard InChI is InChI=1S/C15H20ClNO/c16-11-6-7-14-12(8-11)13(17)9-15(18-14)10-4-2-1-3-5-10/h6-8,10,13,15H,1-5,9,17H2. The van der Waals surface area contributed by atoms with Crippen LogP contribution in [-0.4, -0.2) is 6.10 Å². The van der Waals surface area contributed by atoms with Gasteiger partial charge in [0.15, 0.2) is 0 Å². The second-order valence-corrected chi connectivity index (χ2v) is 6.02. The molecule has 2 unspecified atom stereocenters. The fraction of sp³-hybridized carbons (Fsp3) is 0.600. The van der Waals surface area contributed by atoms with Crippen molar-refractivity contribution >= 4 is 11.6 Å². The van der Waals surface area contributed by atoms with Gasteiger partial charge in [-0.05, 0) is 37.0 Å². The number of hydrogen-bond donors (Lipinski definition) is 1. The van der Waals surface area contributed by atoms with E-state index >= 15 is 0 Å². The number of halogens is 1. The third-order valence-corrected chi connectivity index (χ3v) is 4.55. The highest BCUT2D eigenvalue weighted by molar-refractivity contribution is 6.30. The maximum atomic E-state index is 6.27. The van der Waals surface area contributed by atoms with E-state index in [0.29, 0.717) is 12.0 Å². The zero-order valence-electron chi connectivity index (χ0n) is 10.6. The maximum absolute atomic E-state index is 6.27. The Labute approximate surface area is 113 Å². The van der Waals surface area contributed by atoms with Crippen LogP contribution in [0.5, 0.6) is 5.75 Å². The summed E-state index contributed by atoms with van der Waals surface area (Å²) in [5.74, 6) is 1.63. The molecule has 3 heteroatoms. The van der Waals surface area contributed by atoms with Crippen molar-refractivity contribution in [3.63, 3.8) is 0 Å². The average molecular weight is 266 g/mol. The number of hydrogen-bond acceptors (Lipinski definition) is 2. The summed E-state index contributed by atoms with van der Waals surface area (Å²) in [6, 6.07) is 5.86. The van der Waals surface area contributed by atoms with E-state index in [1.54, 1.807) is 0 Å². The van der Waals surface area contributed by atoms with E-state index in [4.69, 9.17) is 22.1 Å². The van der Waals surface area contributed by atoms with Gasteiger partial charge in [-0.2, -0.15) is 0 Å². The molecule has 1 saturated carbocycles. The molecular formula is C15H20ClNO. The van der Waals surface area contributed by atoms with Crippen LogP contribution in [0.15, 0.2) is 18.2 Å². The van der Waals surface area contributed by atoms with Gasteiger partial charge in [0.1, 0.15) is 11.9 Å². The second kappa shape index (κ2) is 5.10. The lowest BCUT2D eigenvalue weighted by Crippen LogP contribution is -2.36. The summed E-state index contributed by atoms with van der Waals surface area (Å²) in [6.07, 6.45) is 7.87. The molecule has 2 aliphatic rings. The molecule has 0 aromatic heterocycles.